The van der Waals surface area contributed by atoms with E-state index in [1.807, 2.05) is 0 Å². The summed E-state index contributed by atoms with van der Waals surface area (Å²) < 4.78 is 5.49. The molecule has 0 radical (unpaired) electrons. The van der Waals surface area contributed by atoms with Crippen molar-refractivity contribution >= 4 is 12.6 Å². The quantitative estimate of drug-likeness (QED) is 0.206. The minimum atomic E-state index is -0.838. The number of fused-ring (bicyclic) bond motifs is 1. The molecule has 1 fully saturated rings. The average Bonchev–Trinajstić information content (AvgIpc) is 3.02. The molecule has 0 heterocycles. The van der Waals surface area contributed by atoms with Gasteiger partial charge in [0, 0.05) is 17.4 Å². The Kier molecular flexibility index (Phi) is 5.43. The number of thiol groups is 1. The minimum absolute atomic E-state index is 0.146. The van der Waals surface area contributed by atoms with Crippen molar-refractivity contribution in [2.24, 2.45) is 29.1 Å². The van der Waals surface area contributed by atoms with E-state index in [0.29, 0.717) is 31.0 Å². The Balaban J connectivity index is 1.85. The number of hydrogen-bond donors (Lipinski definition) is 5. The standard InChI is InChI=1S/C14H28N4O2S/c1-14(21,8-19)20-7-6-18(17)12-5-3-10-9(13(10)16)2-4-11(12)15/h9-10,13,19,21H,2-8,15-17H2,1H3/b12-11-. The molecule has 2 aliphatic carbocycles. The van der Waals surface area contributed by atoms with Crippen molar-refractivity contribution in [1.29, 1.82) is 0 Å². The monoisotopic (exact) mass is 316 g/mol. The first-order chi connectivity index (χ1) is 9.85. The van der Waals surface area contributed by atoms with Gasteiger partial charge < -0.3 is 26.3 Å². The first-order valence-corrected chi connectivity index (χ1v) is 8.03. The maximum absolute atomic E-state index is 9.09. The highest BCUT2D eigenvalue weighted by Gasteiger charge is 2.47. The fourth-order valence-corrected chi connectivity index (χ4v) is 3.18. The first kappa shape index (κ1) is 16.9. The van der Waals surface area contributed by atoms with Crippen molar-refractivity contribution in [3.8, 4) is 0 Å². The summed E-state index contributed by atoms with van der Waals surface area (Å²) >= 11 is 4.21. The van der Waals surface area contributed by atoms with E-state index in [9.17, 15) is 0 Å². The summed E-state index contributed by atoms with van der Waals surface area (Å²) in [6.07, 6.45) is 3.84. The van der Waals surface area contributed by atoms with E-state index in [1.54, 1.807) is 11.9 Å². The van der Waals surface area contributed by atoms with Gasteiger partial charge in [-0.05, 0) is 44.4 Å². The largest absolute Gasteiger partial charge is 0.401 e. The predicted octanol–water partition coefficient (Wildman–Crippen LogP) is 0.135. The van der Waals surface area contributed by atoms with Crippen LogP contribution in [0.15, 0.2) is 11.4 Å². The number of nitrogens with two attached hydrogens (primary N) is 3. The molecule has 0 aromatic heterocycles. The molecule has 0 spiro atoms. The Bertz CT molecular complexity index is 402. The lowest BCUT2D eigenvalue weighted by Crippen LogP contribution is -2.38. The second-order valence-electron chi connectivity index (χ2n) is 6.33. The predicted molar refractivity (Wildman–Crippen MR) is 86.0 cm³/mol. The van der Waals surface area contributed by atoms with Crippen LogP contribution < -0.4 is 17.3 Å². The van der Waals surface area contributed by atoms with Gasteiger partial charge in [0.05, 0.1) is 19.8 Å². The molecule has 7 N–H and O–H groups in total. The van der Waals surface area contributed by atoms with Crippen molar-refractivity contribution in [2.75, 3.05) is 19.8 Å². The van der Waals surface area contributed by atoms with Crippen LogP contribution in [0.25, 0.3) is 0 Å². The molecule has 6 nitrogen and oxygen atoms in total. The van der Waals surface area contributed by atoms with E-state index in [2.05, 4.69) is 12.6 Å². The zero-order valence-electron chi connectivity index (χ0n) is 12.7. The van der Waals surface area contributed by atoms with E-state index in [1.165, 1.54) is 0 Å². The second kappa shape index (κ2) is 6.75. The molecule has 2 rings (SSSR count). The van der Waals surface area contributed by atoms with Gasteiger partial charge in [-0.2, -0.15) is 0 Å². The molecular formula is C14H28N4O2S. The van der Waals surface area contributed by atoms with Gasteiger partial charge in [0.2, 0.25) is 0 Å². The van der Waals surface area contributed by atoms with Gasteiger partial charge in [-0.25, -0.2) is 5.84 Å². The third-order valence-electron chi connectivity index (χ3n) is 4.62. The maximum Gasteiger partial charge on any atom is 0.131 e. The molecule has 4 atom stereocenters. The Hall–Kier alpha value is -0.470. The van der Waals surface area contributed by atoms with Crippen LogP contribution in [0.3, 0.4) is 0 Å². The molecule has 0 aromatic rings. The highest BCUT2D eigenvalue weighted by Crippen LogP contribution is 2.46. The molecule has 21 heavy (non-hydrogen) atoms. The van der Waals surface area contributed by atoms with Gasteiger partial charge in [-0.3, -0.25) is 0 Å². The van der Waals surface area contributed by atoms with Crippen LogP contribution in [0.1, 0.15) is 32.6 Å². The molecule has 0 bridgehead atoms. The van der Waals surface area contributed by atoms with Crippen LogP contribution in [0.2, 0.25) is 0 Å². The molecule has 0 aromatic carbocycles. The summed E-state index contributed by atoms with van der Waals surface area (Å²) in [7, 11) is 0. The van der Waals surface area contributed by atoms with E-state index in [4.69, 9.17) is 27.2 Å². The van der Waals surface area contributed by atoms with Crippen LogP contribution in [0.4, 0.5) is 0 Å². The summed E-state index contributed by atoms with van der Waals surface area (Å²) in [6.45, 7) is 2.48. The third-order valence-corrected chi connectivity index (χ3v) is 4.89. The van der Waals surface area contributed by atoms with E-state index < -0.39 is 4.93 Å². The van der Waals surface area contributed by atoms with Gasteiger partial charge in [0.25, 0.3) is 0 Å². The van der Waals surface area contributed by atoms with Crippen LogP contribution in [-0.2, 0) is 4.74 Å². The van der Waals surface area contributed by atoms with Gasteiger partial charge in [0.1, 0.15) is 4.93 Å². The zero-order chi connectivity index (χ0) is 15.6. The fraction of sp³-hybridized carbons (Fsp3) is 0.857. The molecule has 0 saturated heterocycles. The summed E-state index contributed by atoms with van der Waals surface area (Å²) in [4.78, 5) is -0.838. The average molecular weight is 316 g/mol. The number of ether oxygens (including phenoxy) is 1. The number of hydrazine groups is 1. The third kappa shape index (κ3) is 4.26. The Labute approximate surface area is 132 Å². The van der Waals surface area contributed by atoms with Gasteiger partial charge >= 0.3 is 0 Å². The molecule has 4 unspecified atom stereocenters. The van der Waals surface area contributed by atoms with Crippen molar-refractivity contribution < 1.29 is 9.84 Å². The van der Waals surface area contributed by atoms with Gasteiger partial charge in [-0.15, -0.1) is 12.6 Å². The minimum Gasteiger partial charge on any atom is -0.401 e. The number of nitrogens with zero attached hydrogens (tertiary/aromatic N) is 1. The van der Waals surface area contributed by atoms with E-state index in [-0.39, 0.29) is 6.61 Å². The van der Waals surface area contributed by atoms with Crippen LogP contribution in [0.5, 0.6) is 0 Å². The topological polar surface area (TPSA) is 111 Å². The van der Waals surface area contributed by atoms with Gasteiger partial charge in [0.15, 0.2) is 0 Å². The van der Waals surface area contributed by atoms with Gasteiger partial charge in [-0.1, -0.05) is 0 Å². The summed E-state index contributed by atoms with van der Waals surface area (Å²) in [5, 5.41) is 10.8. The lowest BCUT2D eigenvalue weighted by atomic mass is 10.0. The maximum atomic E-state index is 9.09. The summed E-state index contributed by atoms with van der Waals surface area (Å²) in [5.74, 6) is 7.40. The number of allylic oxidation sites excluding steroid dienone is 2. The normalized spacial score (nSPS) is 35.4. The second-order valence-corrected chi connectivity index (χ2v) is 7.28. The SMILES string of the molecule is CC(S)(CO)OCCN(N)/C1=C(\N)CCC2C(N)C2CC1. The van der Waals surface area contributed by atoms with Crippen LogP contribution >= 0.6 is 12.6 Å². The highest BCUT2D eigenvalue weighted by atomic mass is 32.1. The highest BCUT2D eigenvalue weighted by molar-refractivity contribution is 7.81. The number of aliphatic hydroxyl groups excluding tert-OH is 1. The van der Waals surface area contributed by atoms with Crippen molar-refractivity contribution in [3.63, 3.8) is 0 Å². The molecular weight excluding hydrogens is 288 g/mol. The fourth-order valence-electron chi connectivity index (χ4n) is 3.09. The molecule has 2 aliphatic rings. The smallest absolute Gasteiger partial charge is 0.131 e. The lowest BCUT2D eigenvalue weighted by molar-refractivity contribution is -0.00612. The molecule has 0 aliphatic heterocycles. The summed E-state index contributed by atoms with van der Waals surface area (Å²) in [6, 6.07) is 0.348. The molecule has 0 amide bonds. The van der Waals surface area contributed by atoms with E-state index >= 15 is 0 Å². The number of aliphatic hydroxyl groups is 1. The lowest BCUT2D eigenvalue weighted by Gasteiger charge is -2.27. The first-order valence-electron chi connectivity index (χ1n) is 7.58. The van der Waals surface area contributed by atoms with Crippen LogP contribution in [0, 0.1) is 11.8 Å². The molecule has 1 saturated carbocycles. The van der Waals surface area contributed by atoms with Crippen molar-refractivity contribution in [2.45, 2.75) is 43.6 Å². The van der Waals surface area contributed by atoms with Crippen LogP contribution in [-0.4, -0.2) is 40.8 Å². The van der Waals surface area contributed by atoms with Crippen molar-refractivity contribution in [3.05, 3.63) is 11.4 Å². The zero-order valence-corrected chi connectivity index (χ0v) is 13.6. The Morgan fingerprint density at radius 3 is 2.62 bits per heavy atom. The Morgan fingerprint density at radius 2 is 2.00 bits per heavy atom. The number of hydrogen-bond acceptors (Lipinski definition) is 7. The number of rotatable bonds is 6. The van der Waals surface area contributed by atoms with Crippen molar-refractivity contribution in [1.82, 2.24) is 5.01 Å². The Morgan fingerprint density at radius 1 is 1.38 bits per heavy atom. The van der Waals surface area contributed by atoms with E-state index in [0.717, 1.165) is 37.1 Å². The molecule has 122 valence electrons. The molecule has 7 heteroatoms. The summed E-state index contributed by atoms with van der Waals surface area (Å²) in [5.41, 5.74) is 14.1.